The van der Waals surface area contributed by atoms with E-state index in [2.05, 4.69) is 5.32 Å². The summed E-state index contributed by atoms with van der Waals surface area (Å²) in [5, 5.41) is 30.0. The molecular weight excluding hydrogens is 198 g/mol. The average Bonchev–Trinajstić information content (AvgIpc) is 2.21. The molecule has 0 aliphatic carbocycles. The molecule has 0 spiro atoms. The zero-order valence-corrected chi connectivity index (χ0v) is 8.32. The number of amides is 1. The van der Waals surface area contributed by atoms with Crippen LogP contribution >= 0.6 is 0 Å². The maximum Gasteiger partial charge on any atom is 0.251 e. The fraction of sp³-hybridized carbons (Fsp3) is 0.300. The zero-order valence-electron chi connectivity index (χ0n) is 8.32. The molecule has 0 radical (unpaired) electrons. The van der Waals surface area contributed by atoms with Crippen LogP contribution in [0.25, 0.3) is 0 Å². The molecule has 1 aromatic rings. The Balaban J connectivity index is 2.91. The molecule has 5 heteroatoms. The molecule has 0 saturated carbocycles. The maximum atomic E-state index is 11.4. The van der Waals surface area contributed by atoms with E-state index in [0.717, 1.165) is 18.6 Å². The second-order valence-electron chi connectivity index (χ2n) is 3.12. The van der Waals surface area contributed by atoms with Crippen LogP contribution < -0.4 is 5.32 Å². The number of carbonyl (C=O) groups is 1. The molecule has 1 rings (SSSR count). The molecule has 0 unspecified atom stereocenters. The largest absolute Gasteiger partial charge is 0.504 e. The van der Waals surface area contributed by atoms with E-state index in [1.807, 2.05) is 6.92 Å². The summed E-state index contributed by atoms with van der Waals surface area (Å²) >= 11 is 0. The van der Waals surface area contributed by atoms with Crippen molar-refractivity contribution < 1.29 is 20.1 Å². The van der Waals surface area contributed by atoms with Crippen molar-refractivity contribution in [2.45, 2.75) is 13.3 Å². The predicted molar refractivity (Wildman–Crippen MR) is 54.1 cm³/mol. The van der Waals surface area contributed by atoms with Gasteiger partial charge in [0.1, 0.15) is 0 Å². The van der Waals surface area contributed by atoms with Gasteiger partial charge in [0.25, 0.3) is 5.91 Å². The number of phenols is 3. The molecule has 0 aliphatic heterocycles. The van der Waals surface area contributed by atoms with E-state index in [0.29, 0.717) is 6.54 Å². The number of nitrogens with one attached hydrogen (secondary N) is 1. The van der Waals surface area contributed by atoms with E-state index < -0.39 is 23.2 Å². The van der Waals surface area contributed by atoms with Crippen molar-refractivity contribution in [3.8, 4) is 17.2 Å². The fourth-order valence-electron chi connectivity index (χ4n) is 1.08. The second-order valence-corrected chi connectivity index (χ2v) is 3.12. The normalized spacial score (nSPS) is 9.93. The lowest BCUT2D eigenvalue weighted by molar-refractivity contribution is 0.0953. The zero-order chi connectivity index (χ0) is 11.4. The van der Waals surface area contributed by atoms with Crippen LogP contribution in [0, 0.1) is 0 Å². The lowest BCUT2D eigenvalue weighted by Gasteiger charge is -2.06. The number of rotatable bonds is 3. The van der Waals surface area contributed by atoms with Crippen LogP contribution in [0.4, 0.5) is 0 Å². The molecular formula is C10H13NO4. The first-order valence-electron chi connectivity index (χ1n) is 4.59. The highest BCUT2D eigenvalue weighted by molar-refractivity contribution is 5.95. The van der Waals surface area contributed by atoms with Crippen molar-refractivity contribution in [1.29, 1.82) is 0 Å². The van der Waals surface area contributed by atoms with Crippen molar-refractivity contribution in [2.24, 2.45) is 0 Å². The predicted octanol–water partition coefficient (Wildman–Crippen LogP) is 0.943. The van der Waals surface area contributed by atoms with Crippen molar-refractivity contribution in [1.82, 2.24) is 5.32 Å². The maximum absolute atomic E-state index is 11.4. The molecule has 15 heavy (non-hydrogen) atoms. The highest BCUT2D eigenvalue weighted by atomic mass is 16.3. The van der Waals surface area contributed by atoms with Crippen molar-refractivity contribution >= 4 is 5.91 Å². The summed E-state index contributed by atoms with van der Waals surface area (Å²) in [6, 6.07) is 2.19. The Labute approximate surface area is 87.0 Å². The van der Waals surface area contributed by atoms with Crippen LogP contribution in [0.15, 0.2) is 12.1 Å². The van der Waals surface area contributed by atoms with E-state index in [1.54, 1.807) is 0 Å². The van der Waals surface area contributed by atoms with E-state index in [-0.39, 0.29) is 5.56 Å². The number of aromatic hydroxyl groups is 3. The Bertz CT molecular complexity index is 353. The Morgan fingerprint density at radius 1 is 1.27 bits per heavy atom. The molecule has 0 bridgehead atoms. The average molecular weight is 211 g/mol. The molecule has 4 N–H and O–H groups in total. The Morgan fingerprint density at radius 3 is 2.27 bits per heavy atom. The quantitative estimate of drug-likeness (QED) is 0.560. The molecule has 0 heterocycles. The van der Waals surface area contributed by atoms with Crippen molar-refractivity contribution in [3.05, 3.63) is 17.7 Å². The smallest absolute Gasteiger partial charge is 0.251 e. The van der Waals surface area contributed by atoms with Gasteiger partial charge in [-0.25, -0.2) is 0 Å². The molecule has 0 atom stereocenters. The minimum Gasteiger partial charge on any atom is -0.504 e. The summed E-state index contributed by atoms with van der Waals surface area (Å²) in [7, 11) is 0. The van der Waals surface area contributed by atoms with Gasteiger partial charge in [0, 0.05) is 12.1 Å². The lowest BCUT2D eigenvalue weighted by Crippen LogP contribution is -2.23. The number of hydrogen-bond donors (Lipinski definition) is 4. The van der Waals surface area contributed by atoms with Crippen LogP contribution in [0.5, 0.6) is 17.2 Å². The minimum atomic E-state index is -0.623. The molecule has 1 amide bonds. The van der Waals surface area contributed by atoms with Crippen molar-refractivity contribution in [2.75, 3.05) is 6.54 Å². The first kappa shape index (κ1) is 11.2. The topological polar surface area (TPSA) is 89.8 Å². The molecule has 0 saturated heterocycles. The molecule has 0 fully saturated rings. The molecule has 82 valence electrons. The van der Waals surface area contributed by atoms with Gasteiger partial charge in [-0.2, -0.15) is 0 Å². The van der Waals surface area contributed by atoms with Crippen molar-refractivity contribution in [3.63, 3.8) is 0 Å². The van der Waals surface area contributed by atoms with E-state index in [1.165, 1.54) is 0 Å². The molecule has 0 aliphatic rings. The molecule has 1 aromatic carbocycles. The van der Waals surface area contributed by atoms with Crippen LogP contribution in [-0.2, 0) is 0 Å². The third-order valence-electron chi connectivity index (χ3n) is 1.87. The van der Waals surface area contributed by atoms with Crippen LogP contribution in [-0.4, -0.2) is 27.8 Å². The highest BCUT2D eigenvalue weighted by Gasteiger charge is 2.12. The fourth-order valence-corrected chi connectivity index (χ4v) is 1.08. The summed E-state index contributed by atoms with van der Waals surface area (Å²) in [4.78, 5) is 11.4. The van der Waals surface area contributed by atoms with Gasteiger partial charge in [-0.05, 0) is 18.6 Å². The summed E-state index contributed by atoms with van der Waals surface area (Å²) in [6.45, 7) is 2.42. The standard InChI is InChI=1S/C10H13NO4/c1-2-3-11-10(15)6-4-7(12)9(14)8(13)5-6/h4-5,12-14H,2-3H2,1H3,(H,11,15). The summed E-state index contributed by atoms with van der Waals surface area (Å²) < 4.78 is 0. The van der Waals surface area contributed by atoms with E-state index in [4.69, 9.17) is 15.3 Å². The molecule has 5 nitrogen and oxygen atoms in total. The van der Waals surface area contributed by atoms with Gasteiger partial charge < -0.3 is 20.6 Å². The number of carbonyl (C=O) groups excluding carboxylic acids is 1. The highest BCUT2D eigenvalue weighted by Crippen LogP contribution is 2.35. The third-order valence-corrected chi connectivity index (χ3v) is 1.87. The van der Waals surface area contributed by atoms with Crippen LogP contribution in [0.1, 0.15) is 23.7 Å². The van der Waals surface area contributed by atoms with Gasteiger partial charge in [0.2, 0.25) is 0 Å². The number of hydrogen-bond acceptors (Lipinski definition) is 4. The third kappa shape index (κ3) is 2.52. The Morgan fingerprint density at radius 2 is 1.80 bits per heavy atom. The van der Waals surface area contributed by atoms with Gasteiger partial charge in [-0.3, -0.25) is 4.79 Å². The van der Waals surface area contributed by atoms with Gasteiger partial charge in [0.05, 0.1) is 0 Å². The van der Waals surface area contributed by atoms with Gasteiger partial charge >= 0.3 is 0 Å². The van der Waals surface area contributed by atoms with Crippen LogP contribution in [0.3, 0.4) is 0 Å². The van der Waals surface area contributed by atoms with Gasteiger partial charge in [-0.1, -0.05) is 6.92 Å². The summed E-state index contributed by atoms with van der Waals surface area (Å²) in [6.07, 6.45) is 0.793. The Kier molecular flexibility index (Phi) is 3.38. The first-order valence-corrected chi connectivity index (χ1v) is 4.59. The first-order chi connectivity index (χ1) is 7.06. The lowest BCUT2D eigenvalue weighted by atomic mass is 10.1. The van der Waals surface area contributed by atoms with Gasteiger partial charge in [0.15, 0.2) is 17.2 Å². The van der Waals surface area contributed by atoms with Crippen LogP contribution in [0.2, 0.25) is 0 Å². The number of phenolic OH excluding ortho intramolecular Hbond substituents is 3. The molecule has 0 aromatic heterocycles. The van der Waals surface area contributed by atoms with E-state index in [9.17, 15) is 4.79 Å². The van der Waals surface area contributed by atoms with Gasteiger partial charge in [-0.15, -0.1) is 0 Å². The summed E-state index contributed by atoms with van der Waals surface area (Å²) in [5.41, 5.74) is 0.108. The van der Waals surface area contributed by atoms with E-state index >= 15 is 0 Å². The monoisotopic (exact) mass is 211 g/mol. The SMILES string of the molecule is CCCNC(=O)c1cc(O)c(O)c(O)c1. The Hall–Kier alpha value is -1.91. The number of benzene rings is 1. The second kappa shape index (κ2) is 4.54. The minimum absolute atomic E-state index is 0.108. The summed E-state index contributed by atoms with van der Waals surface area (Å²) in [5.74, 6) is -2.06.